The van der Waals surface area contributed by atoms with Crippen molar-refractivity contribution < 1.29 is 4.79 Å². The maximum Gasteiger partial charge on any atom is 0.226 e. The average molecular weight is 324 g/mol. The van der Waals surface area contributed by atoms with E-state index in [-0.39, 0.29) is 11.8 Å². The number of rotatable bonds is 3. The van der Waals surface area contributed by atoms with Gasteiger partial charge in [0.15, 0.2) is 5.82 Å². The highest BCUT2D eigenvalue weighted by Crippen LogP contribution is 2.49. The van der Waals surface area contributed by atoms with Crippen LogP contribution in [0.15, 0.2) is 18.2 Å². The lowest BCUT2D eigenvalue weighted by atomic mass is 10.0. The number of benzene rings is 1. The monoisotopic (exact) mass is 324 g/mol. The molecule has 1 aliphatic heterocycles. The number of aryl methyl sites for hydroxylation is 3. The van der Waals surface area contributed by atoms with Crippen LogP contribution in [0.2, 0.25) is 0 Å². The molecule has 1 fully saturated rings. The normalized spacial score (nSPS) is 22.4. The summed E-state index contributed by atoms with van der Waals surface area (Å²) in [6.45, 7) is 8.55. The molecule has 1 aliphatic carbocycles. The van der Waals surface area contributed by atoms with E-state index in [0.29, 0.717) is 12.5 Å². The van der Waals surface area contributed by atoms with Crippen LogP contribution in [0.1, 0.15) is 47.6 Å². The Bertz CT molecular complexity index is 795. The first kappa shape index (κ1) is 15.4. The molecule has 0 N–H and O–H groups in total. The molecule has 1 aromatic heterocycles. The fourth-order valence-corrected chi connectivity index (χ4v) is 3.73. The molecule has 1 amide bonds. The third kappa shape index (κ3) is 2.52. The fourth-order valence-electron chi connectivity index (χ4n) is 3.73. The van der Waals surface area contributed by atoms with Crippen LogP contribution >= 0.6 is 0 Å². The minimum Gasteiger partial charge on any atom is -0.333 e. The zero-order chi connectivity index (χ0) is 16.8. The fraction of sp³-hybridized carbons (Fsp3) is 0.526. The van der Waals surface area contributed by atoms with E-state index in [1.54, 1.807) is 0 Å². The SMILES string of the molecule is CCc1nnc2n1CCN(C(=O)[C@H]1C[C@H]1c1ccc(C)c(C)c1)C2. The summed E-state index contributed by atoms with van der Waals surface area (Å²) in [7, 11) is 0. The number of carbonyl (C=O) groups is 1. The van der Waals surface area contributed by atoms with Gasteiger partial charge in [0.25, 0.3) is 0 Å². The molecule has 2 atom stereocenters. The number of hydrogen-bond donors (Lipinski definition) is 0. The Balaban J connectivity index is 1.45. The second kappa shape index (κ2) is 5.72. The van der Waals surface area contributed by atoms with E-state index in [1.807, 2.05) is 4.90 Å². The summed E-state index contributed by atoms with van der Waals surface area (Å²) in [5.74, 6) is 2.77. The molecule has 5 nitrogen and oxygen atoms in total. The van der Waals surface area contributed by atoms with E-state index in [2.05, 4.69) is 53.7 Å². The van der Waals surface area contributed by atoms with E-state index < -0.39 is 0 Å². The summed E-state index contributed by atoms with van der Waals surface area (Å²) >= 11 is 0. The Morgan fingerprint density at radius 1 is 1.21 bits per heavy atom. The molecule has 5 heteroatoms. The number of amides is 1. The van der Waals surface area contributed by atoms with Gasteiger partial charge in [-0.25, -0.2) is 0 Å². The number of nitrogens with zero attached hydrogens (tertiary/aromatic N) is 4. The lowest BCUT2D eigenvalue weighted by Crippen LogP contribution is -2.39. The first-order valence-electron chi connectivity index (χ1n) is 8.85. The van der Waals surface area contributed by atoms with Gasteiger partial charge in [0.1, 0.15) is 5.82 Å². The number of aromatic nitrogens is 3. The van der Waals surface area contributed by atoms with Crippen molar-refractivity contribution in [3.8, 4) is 0 Å². The summed E-state index contributed by atoms with van der Waals surface area (Å²) in [4.78, 5) is 14.8. The first-order chi connectivity index (χ1) is 11.6. The van der Waals surface area contributed by atoms with Crippen molar-refractivity contribution >= 4 is 5.91 Å². The standard InChI is InChI=1S/C19H24N4O/c1-4-17-20-21-18-11-22(7-8-23(17)18)19(24)16-10-15(16)14-6-5-12(2)13(3)9-14/h5-6,9,15-16H,4,7-8,10-11H2,1-3H3/t15-,16-/m0/s1. The first-order valence-corrected chi connectivity index (χ1v) is 8.85. The summed E-state index contributed by atoms with van der Waals surface area (Å²) in [6.07, 6.45) is 1.86. The van der Waals surface area contributed by atoms with Gasteiger partial charge in [-0.2, -0.15) is 0 Å². The molecule has 0 bridgehead atoms. The highest BCUT2D eigenvalue weighted by atomic mass is 16.2. The molecular weight excluding hydrogens is 300 g/mol. The molecule has 24 heavy (non-hydrogen) atoms. The Hall–Kier alpha value is -2.17. The Kier molecular flexibility index (Phi) is 3.66. The zero-order valence-corrected chi connectivity index (χ0v) is 14.6. The van der Waals surface area contributed by atoms with E-state index in [4.69, 9.17) is 0 Å². The molecule has 126 valence electrons. The van der Waals surface area contributed by atoms with E-state index in [0.717, 1.165) is 37.6 Å². The molecule has 1 aromatic carbocycles. The van der Waals surface area contributed by atoms with Gasteiger partial charge in [-0.05, 0) is 42.9 Å². The van der Waals surface area contributed by atoms with Crippen molar-refractivity contribution in [2.45, 2.75) is 52.6 Å². The highest BCUT2D eigenvalue weighted by molar-refractivity contribution is 5.83. The second-order valence-electron chi connectivity index (χ2n) is 7.09. The van der Waals surface area contributed by atoms with Crippen molar-refractivity contribution in [2.75, 3.05) is 6.54 Å². The summed E-state index contributed by atoms with van der Waals surface area (Å²) in [5.41, 5.74) is 3.93. The van der Waals surface area contributed by atoms with Crippen molar-refractivity contribution in [1.29, 1.82) is 0 Å². The molecule has 2 heterocycles. The third-order valence-electron chi connectivity index (χ3n) is 5.52. The van der Waals surface area contributed by atoms with Gasteiger partial charge in [0.05, 0.1) is 6.54 Å². The molecule has 0 saturated heterocycles. The van der Waals surface area contributed by atoms with Crippen LogP contribution in [0.5, 0.6) is 0 Å². The second-order valence-corrected chi connectivity index (χ2v) is 7.09. The maximum atomic E-state index is 12.9. The zero-order valence-electron chi connectivity index (χ0n) is 14.6. The van der Waals surface area contributed by atoms with Crippen LogP contribution in [0, 0.1) is 19.8 Å². The van der Waals surface area contributed by atoms with E-state index in [1.165, 1.54) is 16.7 Å². The van der Waals surface area contributed by atoms with Gasteiger partial charge < -0.3 is 9.47 Å². The number of fused-ring (bicyclic) bond motifs is 1. The van der Waals surface area contributed by atoms with Crippen LogP contribution in [-0.2, 0) is 24.3 Å². The summed E-state index contributed by atoms with van der Waals surface area (Å²) in [6, 6.07) is 6.59. The Morgan fingerprint density at radius 3 is 2.79 bits per heavy atom. The molecule has 2 aliphatic rings. The topological polar surface area (TPSA) is 51.0 Å². The number of carbonyl (C=O) groups excluding carboxylic acids is 1. The lowest BCUT2D eigenvalue weighted by molar-refractivity contribution is -0.134. The minimum absolute atomic E-state index is 0.146. The molecule has 2 aromatic rings. The van der Waals surface area contributed by atoms with E-state index >= 15 is 0 Å². The molecule has 0 unspecified atom stereocenters. The molecule has 0 radical (unpaired) electrons. The van der Waals surface area contributed by atoms with E-state index in [9.17, 15) is 4.79 Å². The van der Waals surface area contributed by atoms with Crippen LogP contribution in [0.4, 0.5) is 0 Å². The highest BCUT2D eigenvalue weighted by Gasteiger charge is 2.46. The van der Waals surface area contributed by atoms with Crippen LogP contribution in [0.3, 0.4) is 0 Å². The Labute approximate surface area is 142 Å². The van der Waals surface area contributed by atoms with Gasteiger partial charge in [0, 0.05) is 25.4 Å². The van der Waals surface area contributed by atoms with Gasteiger partial charge in [-0.3, -0.25) is 4.79 Å². The van der Waals surface area contributed by atoms with Crippen LogP contribution in [-0.4, -0.2) is 32.1 Å². The van der Waals surface area contributed by atoms with Crippen LogP contribution in [0.25, 0.3) is 0 Å². The third-order valence-corrected chi connectivity index (χ3v) is 5.52. The summed E-state index contributed by atoms with van der Waals surface area (Å²) in [5, 5.41) is 8.48. The number of hydrogen-bond acceptors (Lipinski definition) is 3. The Morgan fingerprint density at radius 2 is 2.04 bits per heavy atom. The predicted octanol–water partition coefficient (Wildman–Crippen LogP) is 2.60. The lowest BCUT2D eigenvalue weighted by Gasteiger charge is -2.28. The minimum atomic E-state index is 0.146. The maximum absolute atomic E-state index is 12.9. The van der Waals surface area contributed by atoms with Crippen molar-refractivity contribution in [1.82, 2.24) is 19.7 Å². The van der Waals surface area contributed by atoms with Gasteiger partial charge >= 0.3 is 0 Å². The van der Waals surface area contributed by atoms with Crippen molar-refractivity contribution in [3.05, 3.63) is 46.5 Å². The van der Waals surface area contributed by atoms with Crippen molar-refractivity contribution in [2.24, 2.45) is 5.92 Å². The molecular formula is C19H24N4O. The predicted molar refractivity (Wildman–Crippen MR) is 91.6 cm³/mol. The quantitative estimate of drug-likeness (QED) is 0.872. The average Bonchev–Trinajstić information content (AvgIpc) is 3.28. The largest absolute Gasteiger partial charge is 0.333 e. The molecule has 0 spiro atoms. The van der Waals surface area contributed by atoms with Gasteiger partial charge in [-0.1, -0.05) is 25.1 Å². The smallest absolute Gasteiger partial charge is 0.226 e. The molecule has 4 rings (SSSR count). The summed E-state index contributed by atoms with van der Waals surface area (Å²) < 4.78 is 2.16. The molecule has 1 saturated carbocycles. The van der Waals surface area contributed by atoms with Gasteiger partial charge in [-0.15, -0.1) is 10.2 Å². The van der Waals surface area contributed by atoms with Crippen molar-refractivity contribution in [3.63, 3.8) is 0 Å². The van der Waals surface area contributed by atoms with Gasteiger partial charge in [0.2, 0.25) is 5.91 Å². The van der Waals surface area contributed by atoms with Crippen LogP contribution < -0.4 is 0 Å².